The van der Waals surface area contributed by atoms with Crippen LogP contribution in [0.2, 0.25) is 0 Å². The minimum Gasteiger partial charge on any atom is -0.508 e. The molecule has 20 heavy (non-hydrogen) atoms. The fourth-order valence-corrected chi connectivity index (χ4v) is 2.67. The van der Waals surface area contributed by atoms with E-state index in [0.29, 0.717) is 23.9 Å². The van der Waals surface area contributed by atoms with Gasteiger partial charge in [0.25, 0.3) is 0 Å². The lowest BCUT2D eigenvalue weighted by atomic mass is 10.1. The Hall–Kier alpha value is -2.08. The number of H-pyrrole nitrogens is 1. The molecule has 2 aromatic rings. The highest BCUT2D eigenvalue weighted by Crippen LogP contribution is 2.22. The third-order valence-electron chi connectivity index (χ3n) is 3.43. The summed E-state index contributed by atoms with van der Waals surface area (Å²) in [5.41, 5.74) is 0.833. The molecule has 1 aromatic carbocycles. The van der Waals surface area contributed by atoms with E-state index in [2.05, 4.69) is 39.2 Å². The van der Waals surface area contributed by atoms with Gasteiger partial charge in [0, 0.05) is 30.7 Å². The van der Waals surface area contributed by atoms with Crippen molar-refractivity contribution in [2.75, 3.05) is 18.0 Å². The maximum Gasteiger partial charge on any atom is 0.245 e. The van der Waals surface area contributed by atoms with Crippen molar-refractivity contribution in [1.82, 2.24) is 20.5 Å². The van der Waals surface area contributed by atoms with Gasteiger partial charge < -0.3 is 15.3 Å². The van der Waals surface area contributed by atoms with Gasteiger partial charge in [0.05, 0.1) is 0 Å². The summed E-state index contributed by atoms with van der Waals surface area (Å²) in [5, 5.41) is 20.2. The first-order valence-corrected chi connectivity index (χ1v) is 6.84. The van der Waals surface area contributed by atoms with Gasteiger partial charge in [-0.05, 0) is 26.0 Å². The van der Waals surface area contributed by atoms with E-state index in [-0.39, 0.29) is 5.75 Å². The van der Waals surface area contributed by atoms with Gasteiger partial charge in [0.2, 0.25) is 5.95 Å². The summed E-state index contributed by atoms with van der Waals surface area (Å²) in [5.74, 6) is 1.61. The van der Waals surface area contributed by atoms with Gasteiger partial charge >= 0.3 is 0 Å². The van der Waals surface area contributed by atoms with Crippen LogP contribution in [0, 0.1) is 0 Å². The molecule has 1 fully saturated rings. The van der Waals surface area contributed by atoms with Crippen LogP contribution in [0.5, 0.6) is 5.75 Å². The van der Waals surface area contributed by atoms with Crippen LogP contribution in [-0.2, 0) is 0 Å². The largest absolute Gasteiger partial charge is 0.508 e. The van der Waals surface area contributed by atoms with Crippen molar-refractivity contribution in [1.29, 1.82) is 0 Å². The molecular formula is C14H19N5O. The second kappa shape index (κ2) is 5.13. The summed E-state index contributed by atoms with van der Waals surface area (Å²) in [6, 6.07) is 7.84. The van der Waals surface area contributed by atoms with Crippen molar-refractivity contribution in [3.8, 4) is 17.1 Å². The first-order chi connectivity index (χ1) is 9.61. The number of nitrogens with zero attached hydrogens (tertiary/aromatic N) is 3. The Balaban J connectivity index is 1.83. The molecule has 2 heterocycles. The summed E-state index contributed by atoms with van der Waals surface area (Å²) in [6.45, 7) is 6.10. The van der Waals surface area contributed by atoms with Crippen LogP contribution < -0.4 is 10.2 Å². The van der Waals surface area contributed by atoms with Gasteiger partial charge in [-0.15, -0.1) is 5.10 Å². The van der Waals surface area contributed by atoms with Gasteiger partial charge in [0.1, 0.15) is 5.75 Å². The van der Waals surface area contributed by atoms with Gasteiger partial charge in [-0.2, -0.15) is 4.98 Å². The zero-order chi connectivity index (χ0) is 14.1. The third-order valence-corrected chi connectivity index (χ3v) is 3.43. The number of aromatic hydroxyl groups is 1. The second-order valence-electron chi connectivity index (χ2n) is 5.41. The highest BCUT2D eigenvalue weighted by molar-refractivity contribution is 5.58. The molecule has 0 radical (unpaired) electrons. The molecule has 1 aromatic heterocycles. The Labute approximate surface area is 117 Å². The zero-order valence-electron chi connectivity index (χ0n) is 11.7. The first kappa shape index (κ1) is 12.9. The number of hydrogen-bond donors (Lipinski definition) is 3. The monoisotopic (exact) mass is 273 g/mol. The number of hydrogen-bond acceptors (Lipinski definition) is 5. The maximum atomic E-state index is 9.52. The van der Waals surface area contributed by atoms with Crippen molar-refractivity contribution < 1.29 is 5.11 Å². The van der Waals surface area contributed by atoms with E-state index >= 15 is 0 Å². The smallest absolute Gasteiger partial charge is 0.245 e. The molecule has 3 N–H and O–H groups in total. The van der Waals surface area contributed by atoms with Gasteiger partial charge in [0.15, 0.2) is 5.82 Å². The molecule has 0 spiro atoms. The number of aromatic amines is 1. The third kappa shape index (κ3) is 2.60. The number of aromatic nitrogens is 3. The average Bonchev–Trinajstić information content (AvgIpc) is 2.87. The molecule has 2 atom stereocenters. The predicted molar refractivity (Wildman–Crippen MR) is 77.8 cm³/mol. The quantitative estimate of drug-likeness (QED) is 0.770. The number of nitrogens with one attached hydrogen (secondary N) is 2. The average molecular weight is 273 g/mol. The fourth-order valence-electron chi connectivity index (χ4n) is 2.67. The number of anilines is 1. The van der Waals surface area contributed by atoms with E-state index in [0.717, 1.165) is 18.7 Å². The van der Waals surface area contributed by atoms with Gasteiger partial charge in [-0.1, -0.05) is 12.1 Å². The lowest BCUT2D eigenvalue weighted by Gasteiger charge is -2.35. The summed E-state index contributed by atoms with van der Waals surface area (Å²) in [4.78, 5) is 6.71. The summed E-state index contributed by atoms with van der Waals surface area (Å²) in [6.07, 6.45) is 0. The number of phenolic OH excluding ortho intramolecular Hbond substituents is 1. The Bertz CT molecular complexity index is 587. The lowest BCUT2D eigenvalue weighted by Crippen LogP contribution is -2.54. The van der Waals surface area contributed by atoms with E-state index in [9.17, 15) is 5.11 Å². The van der Waals surface area contributed by atoms with Crippen LogP contribution in [0.15, 0.2) is 24.3 Å². The molecule has 1 saturated heterocycles. The van der Waals surface area contributed by atoms with Crippen molar-refractivity contribution in [2.24, 2.45) is 0 Å². The molecule has 6 heteroatoms. The Morgan fingerprint density at radius 2 is 2.00 bits per heavy atom. The molecule has 0 aliphatic carbocycles. The molecule has 6 nitrogen and oxygen atoms in total. The van der Waals surface area contributed by atoms with E-state index in [1.807, 2.05) is 6.07 Å². The number of rotatable bonds is 2. The van der Waals surface area contributed by atoms with Crippen LogP contribution in [0.25, 0.3) is 11.4 Å². The number of benzene rings is 1. The number of piperazine rings is 1. The fraction of sp³-hybridized carbons (Fsp3) is 0.429. The lowest BCUT2D eigenvalue weighted by molar-refractivity contribution is 0.403. The standard InChI is InChI=1S/C14H19N5O/c1-9-7-19(8-10(2)15-9)14-16-13(17-18-14)11-4-3-5-12(20)6-11/h3-6,9-10,15,20H,7-8H2,1-2H3,(H,16,17,18). The first-order valence-electron chi connectivity index (χ1n) is 6.84. The van der Waals surface area contributed by atoms with Crippen molar-refractivity contribution in [3.05, 3.63) is 24.3 Å². The normalized spacial score (nSPS) is 23.0. The number of phenols is 1. The zero-order valence-corrected chi connectivity index (χ0v) is 11.7. The van der Waals surface area contributed by atoms with Crippen LogP contribution in [0.4, 0.5) is 5.95 Å². The molecule has 1 aliphatic heterocycles. The van der Waals surface area contributed by atoms with Gasteiger partial charge in [-0.25, -0.2) is 0 Å². The van der Waals surface area contributed by atoms with Crippen LogP contribution in [0.3, 0.4) is 0 Å². The molecule has 106 valence electrons. The van der Waals surface area contributed by atoms with Gasteiger partial charge in [-0.3, -0.25) is 5.10 Å². The molecule has 0 saturated carbocycles. The Morgan fingerprint density at radius 1 is 1.25 bits per heavy atom. The topological polar surface area (TPSA) is 77.1 Å². The summed E-state index contributed by atoms with van der Waals surface area (Å²) >= 11 is 0. The van der Waals surface area contributed by atoms with Crippen molar-refractivity contribution in [2.45, 2.75) is 25.9 Å². The van der Waals surface area contributed by atoms with Crippen LogP contribution >= 0.6 is 0 Å². The SMILES string of the molecule is CC1CN(c2n[nH]c(-c3cccc(O)c3)n2)CC(C)N1. The molecule has 3 rings (SSSR count). The molecule has 0 bridgehead atoms. The van der Waals surface area contributed by atoms with Crippen LogP contribution in [-0.4, -0.2) is 45.5 Å². The van der Waals surface area contributed by atoms with Crippen molar-refractivity contribution in [3.63, 3.8) is 0 Å². The minimum atomic E-state index is 0.227. The van der Waals surface area contributed by atoms with Crippen LogP contribution in [0.1, 0.15) is 13.8 Å². The highest BCUT2D eigenvalue weighted by Gasteiger charge is 2.23. The van der Waals surface area contributed by atoms with Crippen molar-refractivity contribution >= 4 is 5.95 Å². The minimum absolute atomic E-state index is 0.227. The Kier molecular flexibility index (Phi) is 3.31. The van der Waals surface area contributed by atoms with E-state index in [1.54, 1.807) is 18.2 Å². The molecule has 1 aliphatic rings. The van der Waals surface area contributed by atoms with E-state index in [4.69, 9.17) is 0 Å². The van der Waals surface area contributed by atoms with E-state index in [1.165, 1.54) is 0 Å². The summed E-state index contributed by atoms with van der Waals surface area (Å²) < 4.78 is 0. The summed E-state index contributed by atoms with van der Waals surface area (Å²) in [7, 11) is 0. The molecule has 0 amide bonds. The van der Waals surface area contributed by atoms with E-state index < -0.39 is 0 Å². The maximum absolute atomic E-state index is 9.52. The molecular weight excluding hydrogens is 254 g/mol. The highest BCUT2D eigenvalue weighted by atomic mass is 16.3. The Morgan fingerprint density at radius 3 is 2.70 bits per heavy atom. The second-order valence-corrected chi connectivity index (χ2v) is 5.41. The predicted octanol–water partition coefficient (Wildman–Crippen LogP) is 1.36. The molecule has 2 unspecified atom stereocenters.